The zero-order valence-corrected chi connectivity index (χ0v) is 11.3. The number of carboxylic acid groups (broad SMARTS) is 1. The van der Waals surface area contributed by atoms with E-state index in [2.05, 4.69) is 11.1 Å². The van der Waals surface area contributed by atoms with Crippen LogP contribution in [0.5, 0.6) is 0 Å². The van der Waals surface area contributed by atoms with Gasteiger partial charge in [0.25, 0.3) is 5.91 Å². The van der Waals surface area contributed by atoms with Crippen LogP contribution in [0.25, 0.3) is 0 Å². The van der Waals surface area contributed by atoms with Crippen molar-refractivity contribution >= 4 is 11.9 Å². The summed E-state index contributed by atoms with van der Waals surface area (Å²) >= 11 is 0. The molecule has 5 heteroatoms. The first kappa shape index (κ1) is 15.2. The topological polar surface area (TPSA) is 96.9 Å². The van der Waals surface area contributed by atoms with Crippen molar-refractivity contribution in [3.05, 3.63) is 35.4 Å². The Morgan fingerprint density at radius 1 is 1.32 bits per heavy atom. The van der Waals surface area contributed by atoms with Crippen molar-refractivity contribution in [3.8, 4) is 0 Å². The molecule has 0 aliphatic heterocycles. The normalized spacial score (nSPS) is 13.6. The summed E-state index contributed by atoms with van der Waals surface area (Å²) in [6.45, 7) is 4.29. The maximum atomic E-state index is 12.0. The highest BCUT2D eigenvalue weighted by Gasteiger charge is 2.20. The molecular formula is C14H20N2O3. The van der Waals surface area contributed by atoms with Crippen LogP contribution in [0.3, 0.4) is 0 Å². The molecule has 0 radical (unpaired) electrons. The molecule has 0 spiro atoms. The van der Waals surface area contributed by atoms with Gasteiger partial charge in [-0.2, -0.15) is 0 Å². The largest absolute Gasteiger partial charge is 0.548 e. The third-order valence-corrected chi connectivity index (χ3v) is 3.26. The van der Waals surface area contributed by atoms with E-state index in [0.29, 0.717) is 18.5 Å². The number of aliphatic carboxylic acids is 1. The summed E-state index contributed by atoms with van der Waals surface area (Å²) in [7, 11) is 0. The van der Waals surface area contributed by atoms with E-state index in [4.69, 9.17) is 0 Å². The minimum Gasteiger partial charge on any atom is -0.548 e. The summed E-state index contributed by atoms with van der Waals surface area (Å²) in [4.78, 5) is 23.0. The molecule has 0 bridgehead atoms. The molecule has 0 fully saturated rings. The molecule has 0 saturated carbocycles. The quantitative estimate of drug-likeness (QED) is 0.712. The number of hydrogen-bond acceptors (Lipinski definition) is 3. The number of carbonyl (C=O) groups is 2. The lowest BCUT2D eigenvalue weighted by Crippen LogP contribution is -2.51. The van der Waals surface area contributed by atoms with Crippen LogP contribution in [0.1, 0.15) is 36.2 Å². The van der Waals surface area contributed by atoms with Crippen LogP contribution in [-0.2, 0) is 11.3 Å². The Balaban J connectivity index is 2.78. The molecule has 19 heavy (non-hydrogen) atoms. The molecule has 104 valence electrons. The Morgan fingerprint density at radius 3 is 2.32 bits per heavy atom. The van der Waals surface area contributed by atoms with E-state index < -0.39 is 17.9 Å². The Hall–Kier alpha value is -1.88. The Morgan fingerprint density at radius 2 is 1.89 bits per heavy atom. The highest BCUT2D eigenvalue weighted by molar-refractivity contribution is 5.96. The average Bonchev–Trinajstić information content (AvgIpc) is 2.43. The number of benzene rings is 1. The molecule has 0 aliphatic rings. The molecule has 0 aliphatic carbocycles. The summed E-state index contributed by atoms with van der Waals surface area (Å²) in [5.41, 5.74) is 5.21. The number of quaternary nitrogens is 1. The highest BCUT2D eigenvalue weighted by Crippen LogP contribution is 2.09. The smallest absolute Gasteiger partial charge is 0.251 e. The molecule has 1 aromatic carbocycles. The fourth-order valence-corrected chi connectivity index (χ4v) is 1.72. The summed E-state index contributed by atoms with van der Waals surface area (Å²) in [6, 6.07) is 5.97. The van der Waals surface area contributed by atoms with E-state index in [-0.39, 0.29) is 5.92 Å². The second-order valence-corrected chi connectivity index (χ2v) is 4.60. The Labute approximate surface area is 112 Å². The molecule has 1 amide bonds. The molecule has 0 heterocycles. The van der Waals surface area contributed by atoms with E-state index >= 15 is 0 Å². The summed E-state index contributed by atoms with van der Waals surface area (Å²) in [5, 5.41) is 13.5. The van der Waals surface area contributed by atoms with Crippen molar-refractivity contribution in [2.45, 2.75) is 32.9 Å². The van der Waals surface area contributed by atoms with Gasteiger partial charge < -0.3 is 21.0 Å². The van der Waals surface area contributed by atoms with Gasteiger partial charge in [-0.1, -0.05) is 32.4 Å². The van der Waals surface area contributed by atoms with Gasteiger partial charge in [0.2, 0.25) is 0 Å². The van der Waals surface area contributed by atoms with Crippen LogP contribution in [-0.4, -0.2) is 17.9 Å². The number of carboxylic acids is 1. The molecule has 1 aromatic rings. The summed E-state index contributed by atoms with van der Waals surface area (Å²) < 4.78 is 0. The van der Waals surface area contributed by atoms with Gasteiger partial charge in [-0.05, 0) is 18.1 Å². The van der Waals surface area contributed by atoms with Crippen LogP contribution in [0.2, 0.25) is 0 Å². The first-order valence-corrected chi connectivity index (χ1v) is 6.39. The summed E-state index contributed by atoms with van der Waals surface area (Å²) in [5.74, 6) is -1.82. The zero-order valence-electron chi connectivity index (χ0n) is 11.3. The van der Waals surface area contributed by atoms with Gasteiger partial charge in [0.1, 0.15) is 0 Å². The lowest BCUT2D eigenvalue weighted by atomic mass is 9.99. The molecule has 2 atom stereocenters. The maximum Gasteiger partial charge on any atom is 0.251 e. The van der Waals surface area contributed by atoms with Gasteiger partial charge in [-0.3, -0.25) is 4.79 Å². The minimum atomic E-state index is -1.25. The number of hydrogen-bond donors (Lipinski definition) is 2. The van der Waals surface area contributed by atoms with E-state index in [1.54, 1.807) is 31.2 Å². The fourth-order valence-electron chi connectivity index (χ4n) is 1.72. The Kier molecular flexibility index (Phi) is 5.51. The first-order valence-electron chi connectivity index (χ1n) is 6.39. The van der Waals surface area contributed by atoms with Gasteiger partial charge in [0, 0.05) is 11.1 Å². The third kappa shape index (κ3) is 4.06. The van der Waals surface area contributed by atoms with E-state index in [1.165, 1.54) is 0 Å². The Bertz CT molecular complexity index is 443. The van der Waals surface area contributed by atoms with Gasteiger partial charge in [-0.25, -0.2) is 0 Å². The van der Waals surface area contributed by atoms with Crippen LogP contribution in [0, 0.1) is 5.92 Å². The lowest BCUT2D eigenvalue weighted by Gasteiger charge is -2.25. The maximum absolute atomic E-state index is 12.0. The number of amides is 1. The highest BCUT2D eigenvalue weighted by atomic mass is 16.4. The number of rotatable bonds is 6. The minimum absolute atomic E-state index is 0.173. The van der Waals surface area contributed by atoms with Crippen LogP contribution in [0.15, 0.2) is 24.3 Å². The first-order chi connectivity index (χ1) is 8.99. The van der Waals surface area contributed by atoms with E-state index in [9.17, 15) is 14.7 Å². The molecule has 5 nitrogen and oxygen atoms in total. The van der Waals surface area contributed by atoms with Crippen LogP contribution < -0.4 is 16.2 Å². The SMILES string of the molecule is CC[C@H](C)[C@H](NC(=O)c1ccc(C[NH3+])cc1)C(=O)[O-]. The molecular weight excluding hydrogens is 244 g/mol. The van der Waals surface area contributed by atoms with Gasteiger partial charge in [0.05, 0.1) is 18.6 Å². The molecule has 0 aromatic heterocycles. The average molecular weight is 264 g/mol. The summed E-state index contributed by atoms with van der Waals surface area (Å²) in [6.07, 6.45) is 0.652. The van der Waals surface area contributed by atoms with Gasteiger partial charge in [0.15, 0.2) is 0 Å². The second kappa shape index (κ2) is 6.89. The van der Waals surface area contributed by atoms with E-state index in [0.717, 1.165) is 5.56 Å². The standard InChI is InChI=1S/C14H20N2O3/c1-3-9(2)12(14(18)19)16-13(17)11-6-4-10(8-15)5-7-11/h4-7,9,12H,3,8,15H2,1-2H3,(H,16,17)(H,18,19)/t9-,12-/m0/s1. The van der Waals surface area contributed by atoms with Crippen molar-refractivity contribution in [2.75, 3.05) is 0 Å². The van der Waals surface area contributed by atoms with Crippen molar-refractivity contribution in [3.63, 3.8) is 0 Å². The van der Waals surface area contributed by atoms with Crippen molar-refractivity contribution in [1.29, 1.82) is 0 Å². The number of carbonyl (C=O) groups excluding carboxylic acids is 2. The van der Waals surface area contributed by atoms with Crippen molar-refractivity contribution < 1.29 is 20.4 Å². The van der Waals surface area contributed by atoms with Crippen LogP contribution >= 0.6 is 0 Å². The monoisotopic (exact) mass is 264 g/mol. The van der Waals surface area contributed by atoms with Gasteiger partial charge >= 0.3 is 0 Å². The third-order valence-electron chi connectivity index (χ3n) is 3.26. The fraction of sp³-hybridized carbons (Fsp3) is 0.429. The molecule has 4 N–H and O–H groups in total. The second-order valence-electron chi connectivity index (χ2n) is 4.60. The molecule has 0 unspecified atom stereocenters. The zero-order chi connectivity index (χ0) is 14.4. The predicted octanol–water partition coefficient (Wildman–Crippen LogP) is -0.677. The van der Waals surface area contributed by atoms with Crippen LogP contribution in [0.4, 0.5) is 0 Å². The van der Waals surface area contributed by atoms with E-state index in [1.807, 2.05) is 6.92 Å². The predicted molar refractivity (Wildman–Crippen MR) is 68.8 cm³/mol. The molecule has 0 saturated heterocycles. The van der Waals surface area contributed by atoms with Crippen molar-refractivity contribution in [2.24, 2.45) is 5.92 Å². The van der Waals surface area contributed by atoms with Gasteiger partial charge in [-0.15, -0.1) is 0 Å². The number of nitrogens with one attached hydrogen (secondary N) is 1. The van der Waals surface area contributed by atoms with Crippen molar-refractivity contribution in [1.82, 2.24) is 5.32 Å². The molecule has 1 rings (SSSR count). The lowest BCUT2D eigenvalue weighted by molar-refractivity contribution is -0.386.